The Kier molecular flexibility index (Phi) is 4.89. The molecule has 0 aliphatic rings. The molecule has 0 saturated heterocycles. The number of nitrogens with zero attached hydrogens (tertiary/aromatic N) is 5. The zero-order chi connectivity index (χ0) is 19.5. The minimum atomic E-state index is -0.0874. The average Bonchev–Trinajstić information content (AvgIpc) is 3.38. The lowest BCUT2D eigenvalue weighted by Gasteiger charge is -2.18. The summed E-state index contributed by atoms with van der Waals surface area (Å²) in [5.74, 6) is 1.00. The summed E-state index contributed by atoms with van der Waals surface area (Å²) in [5.41, 5.74) is 3.29. The second kappa shape index (κ2) is 7.64. The largest absolute Gasteiger partial charge is 0.337 e. The number of carbonyl (C=O) groups is 1. The predicted octanol–water partition coefficient (Wildman–Crippen LogP) is 3.61. The summed E-state index contributed by atoms with van der Waals surface area (Å²) in [5, 5.41) is 3.89. The number of benzene rings is 1. The average molecular weight is 375 g/mol. The number of rotatable bonds is 6. The van der Waals surface area contributed by atoms with Gasteiger partial charge in [-0.15, -0.1) is 0 Å². The normalized spacial score (nSPS) is 11.1. The highest BCUT2D eigenvalue weighted by atomic mass is 16.5. The number of pyridine rings is 1. The maximum Gasteiger partial charge on any atom is 0.255 e. The summed E-state index contributed by atoms with van der Waals surface area (Å²) in [6.07, 6.45) is 4.44. The third-order valence-corrected chi connectivity index (χ3v) is 4.59. The van der Waals surface area contributed by atoms with E-state index < -0.39 is 0 Å². The van der Waals surface area contributed by atoms with E-state index in [4.69, 9.17) is 4.52 Å². The highest BCUT2D eigenvalue weighted by molar-refractivity contribution is 5.94. The van der Waals surface area contributed by atoms with E-state index in [1.807, 2.05) is 67.0 Å². The fourth-order valence-electron chi connectivity index (χ4n) is 3.04. The van der Waals surface area contributed by atoms with Gasteiger partial charge in [0.2, 0.25) is 5.89 Å². The van der Waals surface area contributed by atoms with Crippen molar-refractivity contribution in [3.05, 3.63) is 72.1 Å². The zero-order valence-corrected chi connectivity index (χ0v) is 15.9. The molecule has 4 rings (SSSR count). The Morgan fingerprint density at radius 3 is 2.61 bits per heavy atom. The molecule has 7 nitrogen and oxygen atoms in total. The fourth-order valence-corrected chi connectivity index (χ4v) is 3.04. The first-order chi connectivity index (χ1) is 13.7. The van der Waals surface area contributed by atoms with E-state index in [0.717, 1.165) is 16.9 Å². The molecule has 0 unspecified atom stereocenters. The van der Waals surface area contributed by atoms with Crippen LogP contribution in [0.5, 0.6) is 0 Å². The van der Waals surface area contributed by atoms with E-state index >= 15 is 0 Å². The van der Waals surface area contributed by atoms with Gasteiger partial charge in [0.25, 0.3) is 5.91 Å². The lowest BCUT2D eigenvalue weighted by molar-refractivity contribution is 0.0734. The highest BCUT2D eigenvalue weighted by Crippen LogP contribution is 2.19. The second-order valence-corrected chi connectivity index (χ2v) is 6.45. The Balaban J connectivity index is 1.59. The molecule has 1 amide bonds. The van der Waals surface area contributed by atoms with Crippen LogP contribution in [0.3, 0.4) is 0 Å². The van der Waals surface area contributed by atoms with Gasteiger partial charge in [0, 0.05) is 30.9 Å². The molecule has 0 aliphatic carbocycles. The quantitative estimate of drug-likeness (QED) is 0.514. The van der Waals surface area contributed by atoms with Crippen LogP contribution >= 0.6 is 0 Å². The van der Waals surface area contributed by atoms with Gasteiger partial charge in [-0.25, -0.2) is 4.98 Å². The third kappa shape index (κ3) is 3.51. The van der Waals surface area contributed by atoms with Crippen LogP contribution in [0.1, 0.15) is 35.9 Å². The minimum absolute atomic E-state index is 0.0874. The first-order valence-corrected chi connectivity index (χ1v) is 9.32. The molecule has 0 atom stereocenters. The zero-order valence-electron chi connectivity index (χ0n) is 15.9. The van der Waals surface area contributed by atoms with Crippen LogP contribution in [0.15, 0.2) is 59.4 Å². The highest BCUT2D eigenvalue weighted by Gasteiger charge is 2.18. The fraction of sp³-hybridized carbons (Fsp3) is 0.238. The van der Waals surface area contributed by atoms with E-state index in [1.54, 1.807) is 11.0 Å². The molecule has 3 aromatic heterocycles. The number of hydrogen-bond donors (Lipinski definition) is 0. The molecule has 0 spiro atoms. The van der Waals surface area contributed by atoms with Crippen molar-refractivity contribution in [3.8, 4) is 11.3 Å². The van der Waals surface area contributed by atoms with Gasteiger partial charge < -0.3 is 13.8 Å². The van der Waals surface area contributed by atoms with Crippen molar-refractivity contribution >= 4 is 11.6 Å². The van der Waals surface area contributed by atoms with Gasteiger partial charge >= 0.3 is 0 Å². The van der Waals surface area contributed by atoms with Crippen molar-refractivity contribution in [3.63, 3.8) is 0 Å². The van der Waals surface area contributed by atoms with Gasteiger partial charge in [-0.2, -0.15) is 4.98 Å². The molecule has 0 fully saturated rings. The minimum Gasteiger partial charge on any atom is -0.337 e. The molecule has 1 aromatic carbocycles. The van der Waals surface area contributed by atoms with E-state index in [1.165, 1.54) is 0 Å². The first kappa shape index (κ1) is 17.9. The summed E-state index contributed by atoms with van der Waals surface area (Å²) in [7, 11) is 0. The van der Waals surface area contributed by atoms with E-state index in [-0.39, 0.29) is 5.91 Å². The molecule has 3 heterocycles. The number of amides is 1. The van der Waals surface area contributed by atoms with Crippen molar-refractivity contribution < 1.29 is 9.32 Å². The maximum absolute atomic E-state index is 13.0. The van der Waals surface area contributed by atoms with Crippen LogP contribution in [-0.4, -0.2) is 36.9 Å². The van der Waals surface area contributed by atoms with E-state index in [2.05, 4.69) is 15.1 Å². The van der Waals surface area contributed by atoms with Crippen LogP contribution < -0.4 is 0 Å². The number of carbonyl (C=O) groups excluding carboxylic acids is 1. The summed E-state index contributed by atoms with van der Waals surface area (Å²) >= 11 is 0. The standard InChI is InChI=1S/C21H21N5O2/c1-3-18-23-20(28-24-18)14-25(4-2)21(27)16-10-11-19-22-17(13-26(19)12-16)15-8-6-5-7-9-15/h5-13H,3-4,14H2,1-2H3. The van der Waals surface area contributed by atoms with Gasteiger partial charge in [0.05, 0.1) is 11.3 Å². The molecule has 4 aromatic rings. The lowest BCUT2D eigenvalue weighted by atomic mass is 10.2. The molecule has 0 N–H and O–H groups in total. The Morgan fingerprint density at radius 2 is 1.89 bits per heavy atom. The summed E-state index contributed by atoms with van der Waals surface area (Å²) in [4.78, 5) is 23.6. The van der Waals surface area contributed by atoms with Crippen molar-refractivity contribution in [2.75, 3.05) is 6.54 Å². The smallest absolute Gasteiger partial charge is 0.255 e. The van der Waals surface area contributed by atoms with Crippen molar-refractivity contribution in [1.29, 1.82) is 0 Å². The van der Waals surface area contributed by atoms with Crippen LogP contribution in [0.2, 0.25) is 0 Å². The van der Waals surface area contributed by atoms with Crippen LogP contribution in [-0.2, 0) is 13.0 Å². The van der Waals surface area contributed by atoms with Gasteiger partial charge in [-0.3, -0.25) is 4.79 Å². The van der Waals surface area contributed by atoms with Crippen LogP contribution in [0, 0.1) is 0 Å². The Bertz CT molecular complexity index is 1100. The van der Waals surface area contributed by atoms with Crippen molar-refractivity contribution in [2.45, 2.75) is 26.8 Å². The Hall–Kier alpha value is -3.48. The topological polar surface area (TPSA) is 76.5 Å². The van der Waals surface area contributed by atoms with E-state index in [9.17, 15) is 4.79 Å². The molecule has 28 heavy (non-hydrogen) atoms. The molecule has 0 aliphatic heterocycles. The number of fused-ring (bicyclic) bond motifs is 1. The van der Waals surface area contributed by atoms with Gasteiger partial charge in [-0.1, -0.05) is 42.4 Å². The molecule has 0 bridgehead atoms. The number of aryl methyl sites for hydroxylation is 1. The monoisotopic (exact) mass is 375 g/mol. The van der Waals surface area contributed by atoms with Gasteiger partial charge in [0.1, 0.15) is 12.2 Å². The Labute approximate surface area is 162 Å². The third-order valence-electron chi connectivity index (χ3n) is 4.59. The molecule has 0 radical (unpaired) electrons. The van der Waals surface area contributed by atoms with Gasteiger partial charge in [-0.05, 0) is 19.1 Å². The molecular formula is C21H21N5O2. The van der Waals surface area contributed by atoms with Gasteiger partial charge in [0.15, 0.2) is 5.82 Å². The molecular weight excluding hydrogens is 354 g/mol. The summed E-state index contributed by atoms with van der Waals surface area (Å²) in [6.45, 7) is 4.72. The predicted molar refractivity (Wildman–Crippen MR) is 105 cm³/mol. The van der Waals surface area contributed by atoms with Crippen molar-refractivity contribution in [2.24, 2.45) is 0 Å². The van der Waals surface area contributed by atoms with Crippen molar-refractivity contribution in [1.82, 2.24) is 24.4 Å². The summed E-state index contributed by atoms with van der Waals surface area (Å²) in [6, 6.07) is 13.6. The Morgan fingerprint density at radius 1 is 1.07 bits per heavy atom. The SMILES string of the molecule is CCc1noc(CN(CC)C(=O)c2ccc3nc(-c4ccccc4)cn3c2)n1. The number of hydrogen-bond acceptors (Lipinski definition) is 5. The van der Waals surface area contributed by atoms with E-state index in [0.29, 0.717) is 36.8 Å². The summed E-state index contributed by atoms with van der Waals surface area (Å²) < 4.78 is 7.11. The molecule has 142 valence electrons. The van der Waals surface area contributed by atoms with Crippen LogP contribution in [0.4, 0.5) is 0 Å². The molecule has 0 saturated carbocycles. The lowest BCUT2D eigenvalue weighted by Crippen LogP contribution is -2.30. The number of aromatic nitrogens is 4. The maximum atomic E-state index is 13.0. The number of imidazole rings is 1. The molecule has 7 heteroatoms. The first-order valence-electron chi connectivity index (χ1n) is 9.32. The van der Waals surface area contributed by atoms with Crippen LogP contribution in [0.25, 0.3) is 16.9 Å². The second-order valence-electron chi connectivity index (χ2n) is 6.45.